The van der Waals surface area contributed by atoms with Gasteiger partial charge in [-0.05, 0) is 69.7 Å². The highest BCUT2D eigenvalue weighted by molar-refractivity contribution is 5.86. The lowest BCUT2D eigenvalue weighted by Gasteiger charge is -2.37. The first-order chi connectivity index (χ1) is 21.6. The molecular weight excluding hydrogens is 573 g/mol. The van der Waals surface area contributed by atoms with Crippen LogP contribution in [-0.4, -0.2) is 84.0 Å². The number of allylic oxidation sites excluding steroid dienone is 1. The first-order valence-corrected chi connectivity index (χ1v) is 16.4. The number of amides is 2. The number of piperazine rings is 1. The van der Waals surface area contributed by atoms with E-state index in [0.717, 1.165) is 37.0 Å². The summed E-state index contributed by atoms with van der Waals surface area (Å²) in [5.41, 5.74) is 2.83. The zero-order chi connectivity index (χ0) is 31.6. The zero-order valence-corrected chi connectivity index (χ0v) is 26.7. The topological polar surface area (TPSA) is 86.9 Å². The van der Waals surface area contributed by atoms with Gasteiger partial charge in [-0.25, -0.2) is 9.18 Å². The minimum absolute atomic E-state index is 0.106. The van der Waals surface area contributed by atoms with E-state index in [4.69, 9.17) is 14.2 Å². The third kappa shape index (κ3) is 7.59. The van der Waals surface area contributed by atoms with E-state index in [1.807, 2.05) is 35.2 Å². The summed E-state index contributed by atoms with van der Waals surface area (Å²) in [4.78, 5) is 31.3. The third-order valence-corrected chi connectivity index (χ3v) is 10.1. The van der Waals surface area contributed by atoms with Crippen LogP contribution in [0.2, 0.25) is 0 Å². The SMILES string of the molecule is CC(C)=CC[C@H]1O[C@]1(C)[C@H]1C[C@H](OC(=O)N[C@@H](Cc2ccccc2)C(=O)N2CCN(Cc3ccc(F)cc3)CC2)CC[C@]12CO2. The molecule has 2 aromatic carbocycles. The second kappa shape index (κ2) is 13.2. The van der Waals surface area contributed by atoms with Gasteiger partial charge < -0.3 is 24.4 Å². The summed E-state index contributed by atoms with van der Waals surface area (Å²) in [6.07, 6.45) is 5.04. The van der Waals surface area contributed by atoms with Crippen molar-refractivity contribution in [1.29, 1.82) is 0 Å². The number of halogens is 1. The molecule has 3 heterocycles. The number of benzene rings is 2. The number of epoxide rings is 2. The van der Waals surface area contributed by atoms with Crippen molar-refractivity contribution in [3.05, 3.63) is 83.2 Å². The predicted octanol–water partition coefficient (Wildman–Crippen LogP) is 5.26. The maximum atomic E-state index is 13.8. The van der Waals surface area contributed by atoms with Gasteiger partial charge in [0, 0.05) is 45.1 Å². The van der Waals surface area contributed by atoms with Gasteiger partial charge in [-0.2, -0.15) is 0 Å². The van der Waals surface area contributed by atoms with Crippen LogP contribution in [0.3, 0.4) is 0 Å². The molecule has 2 amide bonds. The van der Waals surface area contributed by atoms with Crippen molar-refractivity contribution in [3.63, 3.8) is 0 Å². The Bertz CT molecular complexity index is 1370. The maximum absolute atomic E-state index is 13.8. The van der Waals surface area contributed by atoms with Crippen LogP contribution in [0.4, 0.5) is 9.18 Å². The first kappa shape index (κ1) is 31.7. The molecule has 1 saturated carbocycles. The van der Waals surface area contributed by atoms with Gasteiger partial charge in [-0.3, -0.25) is 9.69 Å². The first-order valence-electron chi connectivity index (χ1n) is 16.4. The van der Waals surface area contributed by atoms with Crippen LogP contribution in [0.5, 0.6) is 0 Å². The molecule has 0 bridgehead atoms. The van der Waals surface area contributed by atoms with Crippen LogP contribution in [-0.2, 0) is 32.0 Å². The van der Waals surface area contributed by atoms with E-state index in [9.17, 15) is 14.0 Å². The Morgan fingerprint density at radius 1 is 1.07 bits per heavy atom. The van der Waals surface area contributed by atoms with Gasteiger partial charge in [0.2, 0.25) is 5.91 Å². The fourth-order valence-corrected chi connectivity index (χ4v) is 7.25. The summed E-state index contributed by atoms with van der Waals surface area (Å²) < 4.78 is 31.6. The largest absolute Gasteiger partial charge is 0.446 e. The summed E-state index contributed by atoms with van der Waals surface area (Å²) in [6, 6.07) is 15.6. The van der Waals surface area contributed by atoms with Crippen molar-refractivity contribution in [2.24, 2.45) is 5.92 Å². The molecule has 0 aromatic heterocycles. The Morgan fingerprint density at radius 2 is 1.78 bits per heavy atom. The minimum atomic E-state index is -0.737. The number of carbonyl (C=O) groups is 2. The standard InChI is InChI=1S/C36H46FN3O5/c1-25(2)9-14-32-35(3,45-32)31-22-29(15-16-36(31)24-43-36)44-34(42)38-30(21-26-7-5-4-6-8-26)33(41)40-19-17-39(18-20-40)23-27-10-12-28(37)13-11-27/h4-13,29-32H,14-24H2,1-3H3,(H,38,42)/t29-,30+,31-,32-,35-,36+/m1/s1. The summed E-state index contributed by atoms with van der Waals surface area (Å²) in [7, 11) is 0. The lowest BCUT2D eigenvalue weighted by molar-refractivity contribution is -0.135. The highest BCUT2D eigenvalue weighted by Crippen LogP contribution is 2.59. The molecule has 0 unspecified atom stereocenters. The Hall–Kier alpha value is -3.27. The minimum Gasteiger partial charge on any atom is -0.446 e. The molecule has 6 atom stereocenters. The van der Waals surface area contributed by atoms with Crippen LogP contribution in [0.1, 0.15) is 57.6 Å². The molecule has 1 N–H and O–H groups in total. The Balaban J connectivity index is 1.06. The van der Waals surface area contributed by atoms with E-state index >= 15 is 0 Å². The van der Waals surface area contributed by atoms with Crippen molar-refractivity contribution >= 4 is 12.0 Å². The molecule has 6 rings (SSSR count). The molecule has 4 fully saturated rings. The van der Waals surface area contributed by atoms with Crippen LogP contribution < -0.4 is 5.32 Å². The third-order valence-electron chi connectivity index (χ3n) is 10.1. The number of hydrogen-bond acceptors (Lipinski definition) is 6. The average Bonchev–Trinajstić information content (AvgIpc) is 3.95. The average molecular weight is 620 g/mol. The maximum Gasteiger partial charge on any atom is 0.408 e. The molecule has 1 spiro atoms. The van der Waals surface area contributed by atoms with Gasteiger partial charge in [-0.1, -0.05) is 54.1 Å². The monoisotopic (exact) mass is 619 g/mol. The molecule has 3 saturated heterocycles. The number of nitrogens with zero attached hydrogens (tertiary/aromatic N) is 2. The van der Waals surface area contributed by atoms with Gasteiger partial charge in [0.25, 0.3) is 0 Å². The van der Waals surface area contributed by atoms with Crippen molar-refractivity contribution < 1.29 is 28.2 Å². The zero-order valence-electron chi connectivity index (χ0n) is 26.7. The summed E-state index contributed by atoms with van der Waals surface area (Å²) in [5, 5.41) is 2.94. The molecule has 242 valence electrons. The lowest BCUT2D eigenvalue weighted by atomic mass is 9.70. The molecule has 2 aromatic rings. The van der Waals surface area contributed by atoms with Crippen LogP contribution in [0, 0.1) is 11.7 Å². The van der Waals surface area contributed by atoms with Crippen LogP contribution in [0.25, 0.3) is 0 Å². The second-order valence-corrected chi connectivity index (χ2v) is 13.6. The van der Waals surface area contributed by atoms with Gasteiger partial charge >= 0.3 is 6.09 Å². The van der Waals surface area contributed by atoms with Crippen molar-refractivity contribution in [1.82, 2.24) is 15.1 Å². The number of rotatable bonds is 10. The molecule has 0 radical (unpaired) electrons. The number of alkyl carbamates (subject to hydrolysis) is 1. The van der Waals surface area contributed by atoms with E-state index in [1.165, 1.54) is 17.7 Å². The van der Waals surface area contributed by atoms with Crippen LogP contribution >= 0.6 is 0 Å². The predicted molar refractivity (Wildman–Crippen MR) is 169 cm³/mol. The molecule has 8 nitrogen and oxygen atoms in total. The molecule has 1 aliphatic carbocycles. The fraction of sp³-hybridized carbons (Fsp3) is 0.556. The molecule has 3 aliphatic heterocycles. The van der Waals surface area contributed by atoms with Gasteiger partial charge in [0.1, 0.15) is 18.0 Å². The molecular formula is C36H46FN3O5. The quantitative estimate of drug-likeness (QED) is 0.289. The van der Waals surface area contributed by atoms with Crippen molar-refractivity contribution in [2.75, 3.05) is 32.8 Å². The van der Waals surface area contributed by atoms with Crippen molar-refractivity contribution in [3.8, 4) is 0 Å². The number of hydrogen-bond donors (Lipinski definition) is 1. The van der Waals surface area contributed by atoms with Gasteiger partial charge in [0.05, 0.1) is 23.9 Å². The lowest BCUT2D eigenvalue weighted by Crippen LogP contribution is -2.55. The van der Waals surface area contributed by atoms with E-state index < -0.39 is 12.1 Å². The Labute approximate surface area is 265 Å². The van der Waals surface area contributed by atoms with Gasteiger partial charge in [0.15, 0.2) is 0 Å². The number of ether oxygens (including phenoxy) is 3. The molecule has 9 heteroatoms. The second-order valence-electron chi connectivity index (χ2n) is 13.6. The fourth-order valence-electron chi connectivity index (χ4n) is 7.25. The smallest absolute Gasteiger partial charge is 0.408 e. The molecule has 4 aliphatic rings. The number of nitrogens with one attached hydrogen (secondary N) is 1. The van der Waals surface area contributed by atoms with E-state index in [1.54, 1.807) is 12.1 Å². The highest BCUT2D eigenvalue weighted by Gasteiger charge is 2.68. The molecule has 45 heavy (non-hydrogen) atoms. The highest BCUT2D eigenvalue weighted by atomic mass is 19.1. The normalized spacial score (nSPS) is 30.0. The number of carbonyl (C=O) groups excluding carboxylic acids is 2. The summed E-state index contributed by atoms with van der Waals surface area (Å²) >= 11 is 0. The van der Waals surface area contributed by atoms with Crippen LogP contribution in [0.15, 0.2) is 66.2 Å². The van der Waals surface area contributed by atoms with Gasteiger partial charge in [-0.15, -0.1) is 0 Å². The summed E-state index contributed by atoms with van der Waals surface area (Å²) in [5.74, 6) is -0.200. The van der Waals surface area contributed by atoms with E-state index in [2.05, 4.69) is 37.1 Å². The summed E-state index contributed by atoms with van der Waals surface area (Å²) in [6.45, 7) is 10.3. The van der Waals surface area contributed by atoms with E-state index in [0.29, 0.717) is 45.6 Å². The van der Waals surface area contributed by atoms with E-state index in [-0.39, 0.29) is 41.1 Å². The Kier molecular flexibility index (Phi) is 9.32. The Morgan fingerprint density at radius 3 is 2.44 bits per heavy atom. The van der Waals surface area contributed by atoms with Crippen molar-refractivity contribution in [2.45, 2.75) is 88.9 Å².